The van der Waals surface area contributed by atoms with Crippen LogP contribution in [-0.2, 0) is 30.0 Å². The maximum absolute atomic E-state index is 13.4. The Hall–Kier alpha value is -3.48. The van der Waals surface area contributed by atoms with E-state index in [2.05, 4.69) is 38.2 Å². The Morgan fingerprint density at radius 1 is 0.946 bits per heavy atom. The molecule has 0 aromatic heterocycles. The summed E-state index contributed by atoms with van der Waals surface area (Å²) in [4.78, 5) is 48.0. The van der Waals surface area contributed by atoms with Crippen molar-refractivity contribution in [2.75, 3.05) is 7.11 Å². The summed E-state index contributed by atoms with van der Waals surface area (Å²) in [5.74, 6) is -1.92. The van der Waals surface area contributed by atoms with Gasteiger partial charge in [-0.05, 0) is 59.4 Å². The zero-order valence-electron chi connectivity index (χ0n) is 22.7. The molecule has 1 aliphatic rings. The third-order valence-electron chi connectivity index (χ3n) is 7.18. The van der Waals surface area contributed by atoms with Crippen LogP contribution < -0.4 is 5.48 Å². The van der Waals surface area contributed by atoms with E-state index in [4.69, 9.17) is 9.57 Å². The molecule has 1 atom stereocenters. The highest BCUT2D eigenvalue weighted by Gasteiger charge is 2.37. The molecule has 0 spiro atoms. The fourth-order valence-corrected chi connectivity index (χ4v) is 4.70. The molecule has 2 aromatic rings. The average molecular weight is 507 g/mol. The van der Waals surface area contributed by atoms with Crippen molar-refractivity contribution in [3.63, 3.8) is 0 Å². The number of hydrogen-bond acceptors (Lipinski definition) is 6. The molecule has 198 valence electrons. The van der Waals surface area contributed by atoms with Gasteiger partial charge in [-0.1, -0.05) is 77.8 Å². The van der Waals surface area contributed by atoms with Crippen molar-refractivity contribution >= 4 is 23.6 Å². The lowest BCUT2D eigenvalue weighted by Crippen LogP contribution is -2.37. The first-order valence-electron chi connectivity index (χ1n) is 12.9. The summed E-state index contributed by atoms with van der Waals surface area (Å²) in [6, 6.07) is 13.4. The largest absolute Gasteiger partial charge is 0.467 e. The van der Waals surface area contributed by atoms with Crippen LogP contribution >= 0.6 is 0 Å². The Balaban J connectivity index is 2.02. The maximum atomic E-state index is 13.4. The first kappa shape index (κ1) is 28.1. The van der Waals surface area contributed by atoms with Crippen molar-refractivity contribution in [1.29, 1.82) is 0 Å². The number of fused-ring (bicyclic) bond motifs is 1. The van der Waals surface area contributed by atoms with Gasteiger partial charge in [0.1, 0.15) is 11.8 Å². The highest BCUT2D eigenvalue weighted by Crippen LogP contribution is 2.46. The van der Waals surface area contributed by atoms with Gasteiger partial charge in [-0.15, -0.1) is 0 Å². The van der Waals surface area contributed by atoms with Gasteiger partial charge in [0.05, 0.1) is 12.7 Å². The van der Waals surface area contributed by atoms with E-state index in [0.29, 0.717) is 17.5 Å². The molecule has 1 unspecified atom stereocenters. The first-order chi connectivity index (χ1) is 17.5. The molecule has 1 amide bonds. The van der Waals surface area contributed by atoms with E-state index in [-0.39, 0.29) is 16.5 Å². The van der Waals surface area contributed by atoms with Gasteiger partial charge >= 0.3 is 17.8 Å². The van der Waals surface area contributed by atoms with Gasteiger partial charge in [-0.2, -0.15) is 5.48 Å². The van der Waals surface area contributed by atoms with Gasteiger partial charge in [0, 0.05) is 5.56 Å². The summed E-state index contributed by atoms with van der Waals surface area (Å²) in [7, 11) is 1.31. The quantitative estimate of drug-likeness (QED) is 0.292. The van der Waals surface area contributed by atoms with Crippen LogP contribution in [-0.4, -0.2) is 36.7 Å². The minimum Gasteiger partial charge on any atom is -0.467 e. The molecule has 0 heterocycles. The summed E-state index contributed by atoms with van der Waals surface area (Å²) in [6.07, 6.45) is 4.11. The molecule has 3 rings (SSSR count). The molecule has 1 N–H and O–H groups in total. The third-order valence-corrected chi connectivity index (χ3v) is 7.18. The van der Waals surface area contributed by atoms with Gasteiger partial charge in [0.25, 0.3) is 0 Å². The lowest BCUT2D eigenvalue weighted by Gasteiger charge is -2.42. The Bertz CT molecular complexity index is 1170. The molecule has 0 radical (unpaired) electrons. The molecule has 2 aromatic carbocycles. The molecule has 37 heavy (non-hydrogen) atoms. The summed E-state index contributed by atoms with van der Waals surface area (Å²) in [6.45, 7) is 10.9. The zero-order chi connectivity index (χ0) is 27.2. The molecule has 7 heteroatoms. The zero-order valence-corrected chi connectivity index (χ0v) is 22.7. The van der Waals surface area contributed by atoms with E-state index in [1.54, 1.807) is 30.3 Å². The van der Waals surface area contributed by atoms with E-state index in [1.807, 2.05) is 25.1 Å². The predicted molar refractivity (Wildman–Crippen MR) is 144 cm³/mol. The fraction of sp³-hybridized carbons (Fsp3) is 0.467. The second-order valence-electron chi connectivity index (χ2n) is 10.9. The molecule has 0 fully saturated rings. The number of unbranched alkanes of at least 4 members (excludes halogenated alkanes) is 1. The highest BCUT2D eigenvalue weighted by molar-refractivity contribution is 6.45. The van der Waals surface area contributed by atoms with Crippen LogP contribution in [0.15, 0.2) is 53.5 Å². The number of rotatable bonds is 8. The molecular weight excluding hydrogens is 468 g/mol. The number of hydrogen-bond donors (Lipinski definition) is 1. The van der Waals surface area contributed by atoms with Crippen LogP contribution in [0.5, 0.6) is 0 Å². The van der Waals surface area contributed by atoms with Crippen molar-refractivity contribution in [3.8, 4) is 0 Å². The number of nitrogens with one attached hydrogen (secondary N) is 1. The SMILES string of the molecule is CCCCC(N=C(C(=O)NOC(=O)c1ccccc1)c1ccc2c(c1)C(C)(C)CCC2(C)C)C(=O)OC. The minimum atomic E-state index is -0.851. The molecule has 0 saturated heterocycles. The normalized spacial score (nSPS) is 16.8. The van der Waals surface area contributed by atoms with E-state index in [1.165, 1.54) is 12.7 Å². The molecule has 0 aliphatic heterocycles. The van der Waals surface area contributed by atoms with E-state index >= 15 is 0 Å². The summed E-state index contributed by atoms with van der Waals surface area (Å²) in [5.41, 5.74) is 5.42. The number of hydroxylamine groups is 1. The summed E-state index contributed by atoms with van der Waals surface area (Å²) >= 11 is 0. The van der Waals surface area contributed by atoms with Crippen LogP contribution in [0.25, 0.3) is 0 Å². The number of carbonyl (C=O) groups excluding carboxylic acids is 3. The summed E-state index contributed by atoms with van der Waals surface area (Å²) in [5, 5.41) is 0. The second kappa shape index (κ2) is 11.7. The highest BCUT2D eigenvalue weighted by atomic mass is 16.7. The van der Waals surface area contributed by atoms with Gasteiger partial charge in [0.15, 0.2) is 0 Å². The van der Waals surface area contributed by atoms with Crippen molar-refractivity contribution in [3.05, 3.63) is 70.8 Å². The van der Waals surface area contributed by atoms with Crippen LogP contribution in [0, 0.1) is 0 Å². The van der Waals surface area contributed by atoms with Crippen LogP contribution in [0.3, 0.4) is 0 Å². The number of esters is 1. The number of amides is 1. The average Bonchev–Trinajstić information content (AvgIpc) is 2.89. The maximum Gasteiger partial charge on any atom is 0.362 e. The van der Waals surface area contributed by atoms with Crippen LogP contribution in [0.1, 0.15) is 93.8 Å². The smallest absolute Gasteiger partial charge is 0.362 e. The molecule has 0 saturated carbocycles. The van der Waals surface area contributed by atoms with Crippen LogP contribution in [0.2, 0.25) is 0 Å². The fourth-order valence-electron chi connectivity index (χ4n) is 4.70. The second-order valence-corrected chi connectivity index (χ2v) is 10.9. The number of ether oxygens (including phenoxy) is 1. The van der Waals surface area contributed by atoms with Gasteiger partial charge in [-0.25, -0.2) is 9.59 Å². The molecule has 0 bridgehead atoms. The van der Waals surface area contributed by atoms with Gasteiger partial charge in [-0.3, -0.25) is 9.79 Å². The lowest BCUT2D eigenvalue weighted by molar-refractivity contribution is -0.142. The minimum absolute atomic E-state index is 0.00381. The Morgan fingerprint density at radius 3 is 2.22 bits per heavy atom. The summed E-state index contributed by atoms with van der Waals surface area (Å²) < 4.78 is 4.97. The first-order valence-corrected chi connectivity index (χ1v) is 12.9. The molecule has 7 nitrogen and oxygen atoms in total. The molecule has 1 aliphatic carbocycles. The monoisotopic (exact) mass is 506 g/mol. The Labute approximate surface area is 219 Å². The van der Waals surface area contributed by atoms with E-state index < -0.39 is 23.9 Å². The van der Waals surface area contributed by atoms with Crippen molar-refractivity contribution in [2.45, 2.75) is 83.6 Å². The van der Waals surface area contributed by atoms with Crippen molar-refractivity contribution in [1.82, 2.24) is 5.48 Å². The number of nitrogens with zero attached hydrogens (tertiary/aromatic N) is 1. The van der Waals surface area contributed by atoms with E-state index in [0.717, 1.165) is 31.2 Å². The standard InChI is InChI=1S/C30H38N2O5/c1-7-8-14-24(28(35)36-6)31-25(26(33)32-37-27(34)20-12-10-9-11-13-20)21-15-16-22-23(19-21)30(4,5)18-17-29(22,2)3/h9-13,15-16,19,24H,7-8,14,17-18H2,1-6H3,(H,32,33). The van der Waals surface area contributed by atoms with Crippen molar-refractivity contribution in [2.24, 2.45) is 4.99 Å². The predicted octanol–water partition coefficient (Wildman–Crippen LogP) is 5.44. The number of benzene rings is 2. The Morgan fingerprint density at radius 2 is 1.59 bits per heavy atom. The van der Waals surface area contributed by atoms with Gasteiger partial charge in [0.2, 0.25) is 0 Å². The molecular formula is C30H38N2O5. The third kappa shape index (κ3) is 6.64. The van der Waals surface area contributed by atoms with Gasteiger partial charge < -0.3 is 9.57 Å². The van der Waals surface area contributed by atoms with Crippen LogP contribution in [0.4, 0.5) is 0 Å². The number of carbonyl (C=O) groups is 3. The number of aliphatic imine (C=N–C) groups is 1. The lowest BCUT2D eigenvalue weighted by atomic mass is 9.63. The number of methoxy groups -OCH3 is 1. The van der Waals surface area contributed by atoms with Crippen molar-refractivity contribution < 1.29 is 24.0 Å². The Kier molecular flexibility index (Phi) is 8.89. The topological polar surface area (TPSA) is 94.1 Å². The van der Waals surface area contributed by atoms with E-state index in [9.17, 15) is 14.4 Å².